The number of carboxylic acids is 1. The van der Waals surface area contributed by atoms with Gasteiger partial charge in [-0.2, -0.15) is 0 Å². The molecule has 0 fully saturated rings. The van der Waals surface area contributed by atoms with Crippen LogP contribution in [0.3, 0.4) is 0 Å². The molecule has 0 spiro atoms. The van der Waals surface area contributed by atoms with Crippen LogP contribution in [0.4, 0.5) is 5.69 Å². The van der Waals surface area contributed by atoms with Gasteiger partial charge in [-0.15, -0.1) is 0 Å². The van der Waals surface area contributed by atoms with Crippen molar-refractivity contribution < 1.29 is 33.7 Å². The molecule has 3 unspecified atom stereocenters. The number of nitrogens with one attached hydrogen (secondary N) is 3. The van der Waals surface area contributed by atoms with E-state index in [1.54, 1.807) is 31.4 Å². The lowest BCUT2D eigenvalue weighted by Crippen LogP contribution is -2.49. The molecule has 3 aromatic rings. The quantitative estimate of drug-likeness (QED) is 0.211. The maximum absolute atomic E-state index is 13.9. The molecule has 1 aliphatic rings. The van der Waals surface area contributed by atoms with Crippen molar-refractivity contribution in [3.05, 3.63) is 81.5 Å². The molecule has 11 nitrogen and oxygen atoms in total. The zero-order chi connectivity index (χ0) is 34.2. The summed E-state index contributed by atoms with van der Waals surface area (Å²) in [5.74, 6) is -0.588. The SMILES string of the molecule is COc1cc2c(c(OC)c1OC)-c1ccc(NC(CC(C)C)C(=O)NC(Cc3ccccc3)C(=O)O)c(=O)cc1C(NC(C)=O)CC2. The standard InChI is InChI=1S/C36H43N3O8/c1-20(2)16-28(35(42)39-29(36(43)44)17-22-10-8-7-9-11-22)38-27-15-13-24-25(19-30(27)41)26(37-21(3)40)14-12-23-18-31(45-4)33(46-5)34(47-6)32(23)24/h7-11,13,15,18-20,26,28-29H,12,14,16-17H2,1-6H3,(H,37,40)(H,38,41)(H,39,42)(H,43,44). The minimum atomic E-state index is -1.16. The number of fused-ring (bicyclic) bond motifs is 3. The highest BCUT2D eigenvalue weighted by atomic mass is 16.5. The lowest BCUT2D eigenvalue weighted by atomic mass is 9.95. The molecule has 0 bridgehead atoms. The molecule has 0 heterocycles. The number of carbonyl (C=O) groups excluding carboxylic acids is 2. The summed E-state index contributed by atoms with van der Waals surface area (Å²) in [6.45, 7) is 5.30. The third kappa shape index (κ3) is 8.21. The summed E-state index contributed by atoms with van der Waals surface area (Å²) >= 11 is 0. The van der Waals surface area contributed by atoms with Gasteiger partial charge in [-0.1, -0.05) is 50.2 Å². The Morgan fingerprint density at radius 2 is 1.64 bits per heavy atom. The largest absolute Gasteiger partial charge is 0.493 e. The van der Waals surface area contributed by atoms with Gasteiger partial charge in [0.2, 0.25) is 23.0 Å². The zero-order valence-corrected chi connectivity index (χ0v) is 27.6. The molecule has 11 heteroatoms. The summed E-state index contributed by atoms with van der Waals surface area (Å²) in [5, 5.41) is 18.7. The predicted octanol–water partition coefficient (Wildman–Crippen LogP) is 4.50. The number of rotatable bonds is 13. The average molecular weight is 646 g/mol. The molecule has 47 heavy (non-hydrogen) atoms. The normalized spacial score (nSPS) is 14.8. The van der Waals surface area contributed by atoms with Crippen molar-refractivity contribution in [1.29, 1.82) is 0 Å². The van der Waals surface area contributed by atoms with E-state index in [1.165, 1.54) is 27.2 Å². The molecule has 2 amide bonds. The zero-order valence-electron chi connectivity index (χ0n) is 27.6. The highest BCUT2D eigenvalue weighted by molar-refractivity contribution is 5.89. The van der Waals surface area contributed by atoms with Crippen molar-refractivity contribution in [2.24, 2.45) is 5.92 Å². The first-order valence-corrected chi connectivity index (χ1v) is 15.6. The van der Waals surface area contributed by atoms with Crippen LogP contribution in [0.25, 0.3) is 11.1 Å². The van der Waals surface area contributed by atoms with Crippen LogP contribution in [0.5, 0.6) is 17.2 Å². The molecule has 0 aliphatic heterocycles. The summed E-state index contributed by atoms with van der Waals surface area (Å²) in [7, 11) is 4.59. The van der Waals surface area contributed by atoms with Crippen molar-refractivity contribution >= 4 is 23.5 Å². The molecule has 250 valence electrons. The van der Waals surface area contributed by atoms with Gasteiger partial charge in [0.25, 0.3) is 0 Å². The van der Waals surface area contributed by atoms with Crippen LogP contribution >= 0.6 is 0 Å². The van der Waals surface area contributed by atoms with Crippen LogP contribution in [0.1, 0.15) is 56.3 Å². The van der Waals surface area contributed by atoms with Gasteiger partial charge in [0.1, 0.15) is 12.1 Å². The van der Waals surface area contributed by atoms with E-state index in [0.717, 1.165) is 11.1 Å². The smallest absolute Gasteiger partial charge is 0.326 e. The maximum Gasteiger partial charge on any atom is 0.326 e. The van der Waals surface area contributed by atoms with Crippen LogP contribution < -0.4 is 35.6 Å². The number of amides is 2. The summed E-state index contributed by atoms with van der Waals surface area (Å²) in [6, 6.07) is 13.2. The number of ether oxygens (including phenoxy) is 3. The second kappa shape index (κ2) is 15.5. The summed E-state index contributed by atoms with van der Waals surface area (Å²) in [4.78, 5) is 51.9. The highest BCUT2D eigenvalue weighted by Gasteiger charge is 2.31. The van der Waals surface area contributed by atoms with E-state index >= 15 is 0 Å². The van der Waals surface area contributed by atoms with E-state index < -0.39 is 35.4 Å². The van der Waals surface area contributed by atoms with E-state index in [-0.39, 0.29) is 23.9 Å². The molecule has 0 saturated heterocycles. The fourth-order valence-corrected chi connectivity index (χ4v) is 6.04. The lowest BCUT2D eigenvalue weighted by molar-refractivity contribution is -0.141. The minimum absolute atomic E-state index is 0.0441. The molecular weight excluding hydrogens is 602 g/mol. The van der Waals surface area contributed by atoms with Gasteiger partial charge in [-0.25, -0.2) is 4.79 Å². The van der Waals surface area contributed by atoms with Crippen LogP contribution in [0.15, 0.2) is 59.4 Å². The maximum atomic E-state index is 13.9. The monoisotopic (exact) mass is 645 g/mol. The second-order valence-electron chi connectivity index (χ2n) is 12.0. The average Bonchev–Trinajstić information content (AvgIpc) is 3.27. The number of hydrogen-bond acceptors (Lipinski definition) is 8. The van der Waals surface area contributed by atoms with Gasteiger partial charge < -0.3 is 35.3 Å². The molecule has 1 aliphatic carbocycles. The minimum Gasteiger partial charge on any atom is -0.493 e. The number of hydrogen-bond donors (Lipinski definition) is 4. The Bertz CT molecular complexity index is 1680. The fourth-order valence-electron chi connectivity index (χ4n) is 6.04. The van der Waals surface area contributed by atoms with Gasteiger partial charge in [-0.05, 0) is 65.6 Å². The first kappa shape index (κ1) is 34.8. The lowest BCUT2D eigenvalue weighted by Gasteiger charge is -2.23. The van der Waals surface area contributed by atoms with Gasteiger partial charge in [0, 0.05) is 18.9 Å². The number of anilines is 1. The topological polar surface area (TPSA) is 152 Å². The van der Waals surface area contributed by atoms with Crippen LogP contribution in [0.2, 0.25) is 0 Å². The molecular formula is C36H43N3O8. The van der Waals surface area contributed by atoms with Crippen molar-refractivity contribution in [1.82, 2.24) is 10.6 Å². The summed E-state index contributed by atoms with van der Waals surface area (Å²) < 4.78 is 17.1. The Morgan fingerprint density at radius 3 is 2.23 bits per heavy atom. The first-order chi connectivity index (χ1) is 22.5. The Kier molecular flexibility index (Phi) is 11.5. The third-order valence-corrected chi connectivity index (χ3v) is 8.17. The molecule has 0 radical (unpaired) electrons. The molecule has 4 N–H and O–H groups in total. The van der Waals surface area contributed by atoms with Crippen LogP contribution in [-0.4, -0.2) is 56.3 Å². The highest BCUT2D eigenvalue weighted by Crippen LogP contribution is 2.50. The van der Waals surface area contributed by atoms with Gasteiger partial charge in [0.15, 0.2) is 11.5 Å². The first-order valence-electron chi connectivity index (χ1n) is 15.6. The number of methoxy groups -OCH3 is 3. The second-order valence-corrected chi connectivity index (χ2v) is 12.0. The van der Waals surface area contributed by atoms with Crippen LogP contribution in [0, 0.1) is 5.92 Å². The van der Waals surface area contributed by atoms with Gasteiger partial charge in [-0.3, -0.25) is 14.4 Å². The molecule has 3 atom stereocenters. The van der Waals surface area contributed by atoms with Crippen LogP contribution in [-0.2, 0) is 27.2 Å². The third-order valence-electron chi connectivity index (χ3n) is 8.17. The van der Waals surface area contributed by atoms with E-state index in [0.29, 0.717) is 53.2 Å². The van der Waals surface area contributed by atoms with Crippen molar-refractivity contribution in [2.45, 2.75) is 64.6 Å². The van der Waals surface area contributed by atoms with Gasteiger partial charge >= 0.3 is 5.97 Å². The Labute approximate surface area is 274 Å². The Balaban J connectivity index is 1.79. The molecule has 0 aromatic heterocycles. The number of benzene rings is 2. The van der Waals surface area contributed by atoms with E-state index in [1.807, 2.05) is 38.1 Å². The van der Waals surface area contributed by atoms with E-state index in [9.17, 15) is 24.3 Å². The molecule has 3 aromatic carbocycles. The number of aryl methyl sites for hydroxylation is 1. The number of carboxylic acid groups (broad SMARTS) is 1. The summed E-state index contributed by atoms with van der Waals surface area (Å²) in [5.41, 5.74) is 3.35. The number of aliphatic carboxylic acids is 1. The predicted molar refractivity (Wildman–Crippen MR) is 179 cm³/mol. The van der Waals surface area contributed by atoms with E-state index in [4.69, 9.17) is 14.2 Å². The fraction of sp³-hybridized carbons (Fsp3) is 0.389. The molecule has 0 saturated carbocycles. The number of carbonyl (C=O) groups is 3. The Hall–Kier alpha value is -5.06. The van der Waals surface area contributed by atoms with Crippen molar-refractivity contribution in [3.8, 4) is 28.4 Å². The van der Waals surface area contributed by atoms with Crippen molar-refractivity contribution in [2.75, 3.05) is 26.6 Å². The van der Waals surface area contributed by atoms with E-state index in [2.05, 4.69) is 16.0 Å². The molecule has 4 rings (SSSR count). The summed E-state index contributed by atoms with van der Waals surface area (Å²) in [6.07, 6.45) is 1.50. The van der Waals surface area contributed by atoms with Crippen molar-refractivity contribution in [3.63, 3.8) is 0 Å². The Morgan fingerprint density at radius 1 is 0.936 bits per heavy atom. The van der Waals surface area contributed by atoms with Gasteiger partial charge in [0.05, 0.1) is 33.1 Å².